The van der Waals surface area contributed by atoms with Crippen LogP contribution in [0.2, 0.25) is 10.0 Å². The Morgan fingerprint density at radius 1 is 1.35 bits per heavy atom. The third-order valence-corrected chi connectivity index (χ3v) is 3.03. The molecular weight excluding hydrogens is 299 g/mol. The Labute approximate surface area is 129 Å². The second-order valence-electron chi connectivity index (χ2n) is 4.14. The average Bonchev–Trinajstić information content (AvgIpc) is 2.40. The van der Waals surface area contributed by atoms with Crippen molar-refractivity contribution in [2.24, 2.45) is 5.10 Å². The third kappa shape index (κ3) is 5.39. The van der Waals surface area contributed by atoms with Crippen LogP contribution < -0.4 is 10.2 Å². The highest BCUT2D eigenvalue weighted by molar-refractivity contribution is 6.37. The summed E-state index contributed by atoms with van der Waals surface area (Å²) in [6.07, 6.45) is 3.79. The Morgan fingerprint density at radius 3 is 2.55 bits per heavy atom. The predicted molar refractivity (Wildman–Crippen MR) is 82.9 cm³/mol. The summed E-state index contributed by atoms with van der Waals surface area (Å²) in [5, 5.41) is 4.70. The van der Waals surface area contributed by atoms with E-state index in [0.717, 1.165) is 12.8 Å². The van der Waals surface area contributed by atoms with Crippen molar-refractivity contribution >= 4 is 35.3 Å². The normalized spacial score (nSPS) is 10.8. The Hall–Kier alpha value is -1.26. The molecule has 6 heteroatoms. The minimum Gasteiger partial charge on any atom is -0.491 e. The highest BCUT2D eigenvalue weighted by atomic mass is 35.5. The molecule has 110 valence electrons. The number of hydrazone groups is 1. The first-order valence-electron chi connectivity index (χ1n) is 6.52. The maximum absolute atomic E-state index is 11.4. The molecule has 0 aliphatic heterocycles. The van der Waals surface area contributed by atoms with Crippen LogP contribution in [0.15, 0.2) is 17.2 Å². The van der Waals surface area contributed by atoms with Gasteiger partial charge in [-0.15, -0.1) is 0 Å². The Morgan fingerprint density at radius 2 is 2.00 bits per heavy atom. The van der Waals surface area contributed by atoms with Gasteiger partial charge in [0.15, 0.2) is 5.75 Å². The molecule has 1 N–H and O–H groups in total. The molecule has 0 bridgehead atoms. The van der Waals surface area contributed by atoms with Gasteiger partial charge < -0.3 is 4.74 Å². The summed E-state index contributed by atoms with van der Waals surface area (Å²) < 4.78 is 5.33. The monoisotopic (exact) mass is 316 g/mol. The van der Waals surface area contributed by atoms with Crippen molar-refractivity contribution in [3.63, 3.8) is 0 Å². The van der Waals surface area contributed by atoms with Crippen molar-refractivity contribution in [3.05, 3.63) is 27.7 Å². The lowest BCUT2D eigenvalue weighted by Gasteiger charge is -2.08. The molecule has 0 radical (unpaired) electrons. The summed E-state index contributed by atoms with van der Waals surface area (Å²) >= 11 is 12.1. The largest absolute Gasteiger partial charge is 0.491 e. The summed E-state index contributed by atoms with van der Waals surface area (Å²) in [7, 11) is 0. The van der Waals surface area contributed by atoms with E-state index >= 15 is 0 Å². The number of benzene rings is 1. The molecule has 4 nitrogen and oxygen atoms in total. The topological polar surface area (TPSA) is 50.7 Å². The zero-order valence-corrected chi connectivity index (χ0v) is 13.1. The highest BCUT2D eigenvalue weighted by Gasteiger charge is 2.08. The number of nitrogens with one attached hydrogen (secondary N) is 1. The third-order valence-electron chi connectivity index (χ3n) is 2.47. The van der Waals surface area contributed by atoms with E-state index in [2.05, 4.69) is 10.5 Å². The maximum atomic E-state index is 11.4. The smallest absolute Gasteiger partial charge is 0.240 e. The summed E-state index contributed by atoms with van der Waals surface area (Å²) in [6.45, 7) is 4.37. The second-order valence-corrected chi connectivity index (χ2v) is 4.96. The van der Waals surface area contributed by atoms with Gasteiger partial charge in [0.05, 0.1) is 22.9 Å². The van der Waals surface area contributed by atoms with Gasteiger partial charge in [-0.3, -0.25) is 4.79 Å². The van der Waals surface area contributed by atoms with E-state index in [9.17, 15) is 4.79 Å². The molecule has 0 aromatic heterocycles. The Bertz CT molecular complexity index is 467. The van der Waals surface area contributed by atoms with Crippen LogP contribution in [0.25, 0.3) is 0 Å². The number of ether oxygens (including phenoxy) is 1. The van der Waals surface area contributed by atoms with Crippen molar-refractivity contribution in [1.29, 1.82) is 0 Å². The van der Waals surface area contributed by atoms with Crippen molar-refractivity contribution < 1.29 is 9.53 Å². The Balaban J connectivity index is 2.66. The molecule has 1 amide bonds. The van der Waals surface area contributed by atoms with Crippen LogP contribution in [0.1, 0.15) is 38.7 Å². The first kappa shape index (κ1) is 16.8. The number of carbonyl (C=O) groups is 1. The van der Waals surface area contributed by atoms with Gasteiger partial charge >= 0.3 is 0 Å². The molecule has 1 aromatic rings. The van der Waals surface area contributed by atoms with E-state index in [1.54, 1.807) is 12.1 Å². The number of hydrogen-bond acceptors (Lipinski definition) is 3. The predicted octanol–water partition coefficient (Wildman–Crippen LogP) is 4.03. The van der Waals surface area contributed by atoms with Crippen LogP contribution in [0.3, 0.4) is 0 Å². The van der Waals surface area contributed by atoms with Gasteiger partial charge in [-0.1, -0.05) is 36.5 Å². The SMILES string of the molecule is CCCCC(=O)N/N=C/c1cc(Cl)c(OCC)c(Cl)c1. The van der Waals surface area contributed by atoms with Crippen molar-refractivity contribution in [1.82, 2.24) is 5.43 Å². The van der Waals surface area contributed by atoms with Gasteiger partial charge in [0.2, 0.25) is 5.91 Å². The average molecular weight is 317 g/mol. The van der Waals surface area contributed by atoms with Gasteiger partial charge in [0.25, 0.3) is 0 Å². The van der Waals surface area contributed by atoms with Gasteiger partial charge in [-0.2, -0.15) is 5.10 Å². The van der Waals surface area contributed by atoms with Gasteiger partial charge in [-0.05, 0) is 31.0 Å². The lowest BCUT2D eigenvalue weighted by molar-refractivity contribution is -0.121. The van der Waals surface area contributed by atoms with Crippen LogP contribution in [0.5, 0.6) is 5.75 Å². The molecule has 0 unspecified atom stereocenters. The van der Waals surface area contributed by atoms with E-state index < -0.39 is 0 Å². The molecule has 1 aromatic carbocycles. The molecule has 0 atom stereocenters. The summed E-state index contributed by atoms with van der Waals surface area (Å²) in [4.78, 5) is 11.4. The molecule has 20 heavy (non-hydrogen) atoms. The standard InChI is InChI=1S/C14H18Cl2N2O2/c1-3-5-6-13(19)18-17-9-10-7-11(15)14(20-4-2)12(16)8-10/h7-9H,3-6H2,1-2H3,(H,18,19)/b17-9+. The van der Waals surface area contributed by atoms with E-state index in [1.807, 2.05) is 13.8 Å². The molecule has 0 saturated heterocycles. The number of halogens is 2. The first-order chi connectivity index (χ1) is 9.58. The number of amides is 1. The number of rotatable bonds is 7. The first-order valence-corrected chi connectivity index (χ1v) is 7.27. The molecule has 1 rings (SSSR count). The molecule has 0 spiro atoms. The Kier molecular flexibility index (Phi) is 7.41. The molecular formula is C14H18Cl2N2O2. The minimum absolute atomic E-state index is 0.105. The van der Waals surface area contributed by atoms with Crippen LogP contribution in [0, 0.1) is 0 Å². The van der Waals surface area contributed by atoms with Crippen molar-refractivity contribution in [2.45, 2.75) is 33.1 Å². The molecule has 0 saturated carbocycles. The molecule has 0 aliphatic rings. The number of unbranched alkanes of at least 4 members (excludes halogenated alkanes) is 1. The van der Waals surface area contributed by atoms with E-state index in [4.69, 9.17) is 27.9 Å². The number of carbonyl (C=O) groups excluding carboxylic acids is 1. The van der Waals surface area contributed by atoms with E-state index in [0.29, 0.717) is 34.4 Å². The van der Waals surface area contributed by atoms with Gasteiger partial charge in [0, 0.05) is 6.42 Å². The fraction of sp³-hybridized carbons (Fsp3) is 0.429. The fourth-order valence-electron chi connectivity index (χ4n) is 1.51. The summed E-state index contributed by atoms with van der Waals surface area (Å²) in [5.74, 6) is 0.353. The van der Waals surface area contributed by atoms with Crippen LogP contribution in [-0.2, 0) is 4.79 Å². The number of hydrogen-bond donors (Lipinski definition) is 1. The fourth-order valence-corrected chi connectivity index (χ4v) is 2.12. The zero-order chi connectivity index (χ0) is 15.0. The molecule has 0 aliphatic carbocycles. The highest BCUT2D eigenvalue weighted by Crippen LogP contribution is 2.33. The molecule has 0 heterocycles. The maximum Gasteiger partial charge on any atom is 0.240 e. The van der Waals surface area contributed by atoms with Crippen molar-refractivity contribution in [2.75, 3.05) is 6.61 Å². The second kappa shape index (κ2) is 8.82. The summed E-state index contributed by atoms with van der Waals surface area (Å²) in [6, 6.07) is 3.36. The number of nitrogens with zero attached hydrogens (tertiary/aromatic N) is 1. The van der Waals surface area contributed by atoms with E-state index in [1.165, 1.54) is 6.21 Å². The van der Waals surface area contributed by atoms with Crippen LogP contribution >= 0.6 is 23.2 Å². The quantitative estimate of drug-likeness (QED) is 0.610. The van der Waals surface area contributed by atoms with Gasteiger partial charge in [-0.25, -0.2) is 5.43 Å². The van der Waals surface area contributed by atoms with Crippen molar-refractivity contribution in [3.8, 4) is 5.75 Å². The minimum atomic E-state index is -0.105. The lowest BCUT2D eigenvalue weighted by atomic mass is 10.2. The zero-order valence-electron chi connectivity index (χ0n) is 11.6. The van der Waals surface area contributed by atoms with E-state index in [-0.39, 0.29) is 5.91 Å². The lowest BCUT2D eigenvalue weighted by Crippen LogP contribution is -2.16. The summed E-state index contributed by atoms with van der Waals surface area (Å²) in [5.41, 5.74) is 3.15. The van der Waals surface area contributed by atoms with Crippen LogP contribution in [0.4, 0.5) is 0 Å². The molecule has 0 fully saturated rings. The van der Waals surface area contributed by atoms with Crippen LogP contribution in [-0.4, -0.2) is 18.7 Å². The van der Waals surface area contributed by atoms with Gasteiger partial charge in [0.1, 0.15) is 0 Å².